The van der Waals surface area contributed by atoms with E-state index in [1.165, 1.54) is 6.08 Å². The van der Waals surface area contributed by atoms with E-state index in [4.69, 9.17) is 5.26 Å². The van der Waals surface area contributed by atoms with Crippen molar-refractivity contribution in [2.75, 3.05) is 10.2 Å². The highest BCUT2D eigenvalue weighted by Crippen LogP contribution is 2.32. The van der Waals surface area contributed by atoms with E-state index in [9.17, 15) is 4.79 Å². The zero-order chi connectivity index (χ0) is 22.0. The number of H-pyrrole nitrogens is 1. The molecule has 1 atom stereocenters. The van der Waals surface area contributed by atoms with Crippen LogP contribution in [0, 0.1) is 16.7 Å². The van der Waals surface area contributed by atoms with Gasteiger partial charge < -0.3 is 15.2 Å². The Morgan fingerprint density at radius 1 is 1.32 bits per heavy atom. The number of fused-ring (bicyclic) bond motifs is 1. The molecule has 0 saturated heterocycles. The lowest BCUT2D eigenvalue weighted by Gasteiger charge is -2.22. The van der Waals surface area contributed by atoms with Crippen molar-refractivity contribution < 1.29 is 4.79 Å². The number of benzene rings is 1. The second kappa shape index (κ2) is 8.28. The smallest absolute Gasteiger partial charge is 0.171 e. The molecule has 3 heterocycles. The number of aromatic nitrogens is 3. The summed E-state index contributed by atoms with van der Waals surface area (Å²) in [4.78, 5) is 26.9. The summed E-state index contributed by atoms with van der Waals surface area (Å²) >= 11 is 1.64. The van der Waals surface area contributed by atoms with Gasteiger partial charge in [0.1, 0.15) is 16.7 Å². The molecule has 0 bridgehead atoms. The lowest BCUT2D eigenvalue weighted by atomic mass is 9.87. The van der Waals surface area contributed by atoms with Crippen LogP contribution in [0.4, 0.5) is 17.2 Å². The number of aromatic amines is 1. The van der Waals surface area contributed by atoms with E-state index in [-0.39, 0.29) is 11.2 Å². The van der Waals surface area contributed by atoms with Crippen LogP contribution in [0.2, 0.25) is 0 Å². The summed E-state index contributed by atoms with van der Waals surface area (Å²) in [6, 6.07) is 9.96. The molecule has 1 unspecified atom stereocenters. The van der Waals surface area contributed by atoms with Gasteiger partial charge in [0.25, 0.3) is 0 Å². The van der Waals surface area contributed by atoms with Gasteiger partial charge in [0.15, 0.2) is 11.4 Å². The van der Waals surface area contributed by atoms with Crippen LogP contribution < -0.4 is 10.2 Å². The highest BCUT2D eigenvalue weighted by atomic mass is 32.2. The summed E-state index contributed by atoms with van der Waals surface area (Å²) in [5, 5.41) is 14.1. The average molecular weight is 431 g/mol. The maximum Gasteiger partial charge on any atom is 0.171 e. The minimum atomic E-state index is -0.501. The van der Waals surface area contributed by atoms with Gasteiger partial charge in [-0.05, 0) is 35.7 Å². The SMILES string of the molecule is CC(C)(C)C(=O)c1c[nH]c2ncc(Nc3ccc(N4C=CSC4C=CC#N)cc3)nc12. The summed E-state index contributed by atoms with van der Waals surface area (Å²) in [6.45, 7) is 5.67. The maximum atomic E-state index is 12.7. The molecule has 2 aromatic heterocycles. The zero-order valence-electron chi connectivity index (χ0n) is 17.5. The van der Waals surface area contributed by atoms with Gasteiger partial charge in [-0.2, -0.15) is 5.26 Å². The summed E-state index contributed by atoms with van der Waals surface area (Å²) < 4.78 is 0. The van der Waals surface area contributed by atoms with Crippen molar-refractivity contribution in [3.63, 3.8) is 0 Å². The third-order valence-electron chi connectivity index (χ3n) is 4.79. The Hall–Kier alpha value is -3.57. The molecule has 31 heavy (non-hydrogen) atoms. The Balaban J connectivity index is 1.54. The molecule has 4 rings (SSSR count). The molecule has 7 nitrogen and oxygen atoms in total. The Kier molecular flexibility index (Phi) is 5.53. The van der Waals surface area contributed by atoms with Gasteiger partial charge in [0, 0.05) is 35.3 Å². The number of anilines is 3. The van der Waals surface area contributed by atoms with E-state index in [1.807, 2.05) is 68.8 Å². The number of rotatable bonds is 5. The molecule has 156 valence electrons. The van der Waals surface area contributed by atoms with Crippen LogP contribution in [0.15, 0.2) is 60.4 Å². The van der Waals surface area contributed by atoms with E-state index in [0.29, 0.717) is 22.5 Å². The first-order valence-electron chi connectivity index (χ1n) is 9.79. The van der Waals surface area contributed by atoms with Crippen molar-refractivity contribution in [2.24, 2.45) is 5.41 Å². The van der Waals surface area contributed by atoms with Crippen molar-refractivity contribution in [1.29, 1.82) is 5.26 Å². The fourth-order valence-corrected chi connectivity index (χ4v) is 4.08. The van der Waals surface area contributed by atoms with Gasteiger partial charge >= 0.3 is 0 Å². The molecule has 0 aliphatic carbocycles. The predicted octanol–water partition coefficient (Wildman–Crippen LogP) is 5.36. The lowest BCUT2D eigenvalue weighted by Crippen LogP contribution is -2.21. The largest absolute Gasteiger partial charge is 0.344 e. The Morgan fingerprint density at radius 2 is 2.10 bits per heavy atom. The van der Waals surface area contributed by atoms with E-state index >= 15 is 0 Å². The van der Waals surface area contributed by atoms with E-state index in [2.05, 4.69) is 25.2 Å². The number of carbonyl (C=O) groups is 1. The zero-order valence-corrected chi connectivity index (χ0v) is 18.3. The van der Waals surface area contributed by atoms with Crippen molar-refractivity contribution in [1.82, 2.24) is 15.0 Å². The maximum absolute atomic E-state index is 12.7. The van der Waals surface area contributed by atoms with Gasteiger partial charge in [0.2, 0.25) is 0 Å². The van der Waals surface area contributed by atoms with Gasteiger partial charge in [-0.1, -0.05) is 20.8 Å². The number of hydrogen-bond acceptors (Lipinski definition) is 7. The first-order chi connectivity index (χ1) is 14.9. The fraction of sp³-hybridized carbons (Fsp3) is 0.217. The van der Waals surface area contributed by atoms with Crippen molar-refractivity contribution in [2.45, 2.75) is 26.1 Å². The molecule has 8 heteroatoms. The lowest BCUT2D eigenvalue weighted by molar-refractivity contribution is 0.0860. The van der Waals surface area contributed by atoms with Crippen molar-refractivity contribution in [3.05, 3.63) is 66.0 Å². The molecule has 0 spiro atoms. The first-order valence-corrected chi connectivity index (χ1v) is 10.7. The number of nitriles is 1. The van der Waals surface area contributed by atoms with Crippen molar-refractivity contribution in [3.8, 4) is 6.07 Å². The highest BCUT2D eigenvalue weighted by molar-refractivity contribution is 8.03. The van der Waals surface area contributed by atoms with Crippen LogP contribution in [0.25, 0.3) is 11.2 Å². The third-order valence-corrected chi connectivity index (χ3v) is 5.74. The minimum Gasteiger partial charge on any atom is -0.344 e. The molecule has 1 aliphatic heterocycles. The molecule has 1 aliphatic rings. The molecular formula is C23H22N6OS. The van der Waals surface area contributed by atoms with Gasteiger partial charge in [-0.3, -0.25) is 4.79 Å². The second-order valence-electron chi connectivity index (χ2n) is 8.11. The number of ketones is 1. The van der Waals surface area contributed by atoms with Gasteiger partial charge in [0.05, 0.1) is 17.8 Å². The number of nitrogens with zero attached hydrogens (tertiary/aromatic N) is 4. The Morgan fingerprint density at radius 3 is 2.81 bits per heavy atom. The number of carbonyl (C=O) groups excluding carboxylic acids is 1. The van der Waals surface area contributed by atoms with E-state index in [1.54, 1.807) is 24.2 Å². The summed E-state index contributed by atoms with van der Waals surface area (Å²) in [5.74, 6) is 0.584. The summed E-state index contributed by atoms with van der Waals surface area (Å²) in [5.41, 5.74) is 3.07. The molecule has 0 radical (unpaired) electrons. The molecule has 0 amide bonds. The van der Waals surface area contributed by atoms with Crippen LogP contribution in [0.5, 0.6) is 0 Å². The number of allylic oxidation sites excluding steroid dienone is 1. The topological polar surface area (TPSA) is 97.7 Å². The quantitative estimate of drug-likeness (QED) is 0.415. The molecular weight excluding hydrogens is 408 g/mol. The van der Waals surface area contributed by atoms with Crippen LogP contribution in [0.1, 0.15) is 31.1 Å². The minimum absolute atomic E-state index is 0.0195. The monoisotopic (exact) mass is 430 g/mol. The molecule has 2 N–H and O–H groups in total. The molecule has 3 aromatic rings. The van der Waals surface area contributed by atoms with Crippen LogP contribution in [0.3, 0.4) is 0 Å². The number of hydrogen-bond donors (Lipinski definition) is 2. The van der Waals surface area contributed by atoms with Crippen molar-refractivity contribution >= 4 is 45.9 Å². The highest BCUT2D eigenvalue weighted by Gasteiger charge is 2.26. The number of Topliss-reactive ketones (excluding diaryl/α,β-unsaturated/α-hetero) is 1. The predicted molar refractivity (Wildman–Crippen MR) is 125 cm³/mol. The number of nitrogens with one attached hydrogen (secondary N) is 2. The third kappa shape index (κ3) is 4.32. The molecule has 0 fully saturated rings. The van der Waals surface area contributed by atoms with E-state index in [0.717, 1.165) is 11.4 Å². The van der Waals surface area contributed by atoms with Crippen LogP contribution >= 0.6 is 11.8 Å². The standard InChI is InChI=1S/C23H22N6OS/c1-23(2,3)21(30)17-13-25-22-20(17)28-18(14-26-22)27-15-6-8-16(9-7-15)29-11-12-31-19(29)5-4-10-24/h4-9,11-14,19H,1-3H3,(H,25,26)(H,27,28). The van der Waals surface area contributed by atoms with Gasteiger partial charge in [-0.15, -0.1) is 11.8 Å². The first kappa shape index (κ1) is 20.7. The average Bonchev–Trinajstić information content (AvgIpc) is 3.38. The van der Waals surface area contributed by atoms with Crippen LogP contribution in [-0.2, 0) is 0 Å². The number of thioether (sulfide) groups is 1. The van der Waals surface area contributed by atoms with Gasteiger partial charge in [-0.25, -0.2) is 9.97 Å². The second-order valence-corrected chi connectivity index (χ2v) is 9.14. The summed E-state index contributed by atoms with van der Waals surface area (Å²) in [7, 11) is 0. The summed E-state index contributed by atoms with van der Waals surface area (Å²) in [6.07, 6.45) is 8.69. The normalized spacial score (nSPS) is 16.2. The molecule has 1 aromatic carbocycles. The van der Waals surface area contributed by atoms with Crippen LogP contribution in [-0.4, -0.2) is 26.1 Å². The fourth-order valence-electron chi connectivity index (χ4n) is 3.22. The molecule has 0 saturated carbocycles. The van der Waals surface area contributed by atoms with E-state index < -0.39 is 5.41 Å². The Labute approximate surface area is 184 Å². The Bertz CT molecular complexity index is 1210.